The standard InChI is InChI=1S/C17H18ClNO/c1-11-5-7-16(12(2)9-11)19(4)17-8-6-14(13(3)20)10-15(17)18/h5-10H,1-4H3. The maximum Gasteiger partial charge on any atom is 0.159 e. The van der Waals surface area contributed by atoms with Gasteiger partial charge in [0.1, 0.15) is 0 Å². The summed E-state index contributed by atoms with van der Waals surface area (Å²) in [5, 5.41) is 0.583. The minimum Gasteiger partial charge on any atom is -0.343 e. The molecule has 0 aromatic heterocycles. The third-order valence-electron chi connectivity index (χ3n) is 3.43. The molecule has 0 unspecified atom stereocenters. The van der Waals surface area contributed by atoms with Gasteiger partial charge in [-0.15, -0.1) is 0 Å². The van der Waals surface area contributed by atoms with Crippen LogP contribution in [0.3, 0.4) is 0 Å². The summed E-state index contributed by atoms with van der Waals surface area (Å²) in [5.74, 6) is 0.0209. The Morgan fingerprint density at radius 3 is 2.25 bits per heavy atom. The van der Waals surface area contributed by atoms with Crippen LogP contribution in [0.4, 0.5) is 11.4 Å². The molecule has 2 rings (SSSR count). The number of rotatable bonds is 3. The van der Waals surface area contributed by atoms with Crippen molar-refractivity contribution in [2.45, 2.75) is 20.8 Å². The number of Topliss-reactive ketones (excluding diaryl/α,β-unsaturated/α-hetero) is 1. The van der Waals surface area contributed by atoms with E-state index in [1.165, 1.54) is 11.1 Å². The van der Waals surface area contributed by atoms with Gasteiger partial charge in [0.25, 0.3) is 0 Å². The van der Waals surface area contributed by atoms with E-state index in [2.05, 4.69) is 32.0 Å². The molecule has 0 saturated heterocycles. The summed E-state index contributed by atoms with van der Waals surface area (Å²) >= 11 is 6.31. The van der Waals surface area contributed by atoms with Gasteiger partial charge in [0, 0.05) is 18.3 Å². The molecular weight excluding hydrogens is 270 g/mol. The molecule has 2 aromatic rings. The maximum absolute atomic E-state index is 11.4. The minimum absolute atomic E-state index is 0.0209. The summed E-state index contributed by atoms with van der Waals surface area (Å²) in [6, 6.07) is 11.7. The van der Waals surface area contributed by atoms with Crippen LogP contribution >= 0.6 is 11.6 Å². The van der Waals surface area contributed by atoms with E-state index >= 15 is 0 Å². The highest BCUT2D eigenvalue weighted by Gasteiger charge is 2.12. The number of ketones is 1. The number of hydrogen-bond acceptors (Lipinski definition) is 2. The lowest BCUT2D eigenvalue weighted by molar-refractivity contribution is 0.101. The number of nitrogens with zero attached hydrogens (tertiary/aromatic N) is 1. The van der Waals surface area contributed by atoms with E-state index in [1.54, 1.807) is 13.0 Å². The molecule has 0 spiro atoms. The third-order valence-corrected chi connectivity index (χ3v) is 3.73. The number of anilines is 2. The van der Waals surface area contributed by atoms with Gasteiger partial charge in [-0.2, -0.15) is 0 Å². The normalized spacial score (nSPS) is 10.4. The van der Waals surface area contributed by atoms with Gasteiger partial charge in [0.2, 0.25) is 0 Å². The van der Waals surface area contributed by atoms with E-state index in [1.807, 2.05) is 24.1 Å². The zero-order chi connectivity index (χ0) is 14.9. The Labute approximate surface area is 125 Å². The molecule has 0 radical (unpaired) electrons. The number of hydrogen-bond donors (Lipinski definition) is 0. The zero-order valence-corrected chi connectivity index (χ0v) is 13.0. The second-order valence-electron chi connectivity index (χ2n) is 5.07. The van der Waals surface area contributed by atoms with Crippen molar-refractivity contribution in [3.63, 3.8) is 0 Å². The molecular formula is C17H18ClNO. The van der Waals surface area contributed by atoms with Gasteiger partial charge in [0.15, 0.2) is 5.78 Å². The molecule has 0 saturated carbocycles. The van der Waals surface area contributed by atoms with Crippen molar-refractivity contribution < 1.29 is 4.79 Å². The fourth-order valence-corrected chi connectivity index (χ4v) is 2.62. The summed E-state index contributed by atoms with van der Waals surface area (Å²) in [6.45, 7) is 5.70. The largest absolute Gasteiger partial charge is 0.343 e. The van der Waals surface area contributed by atoms with Gasteiger partial charge < -0.3 is 4.90 Å². The first-order valence-corrected chi connectivity index (χ1v) is 6.89. The van der Waals surface area contributed by atoms with Crippen LogP contribution in [-0.2, 0) is 0 Å². The van der Waals surface area contributed by atoms with E-state index in [4.69, 9.17) is 11.6 Å². The van der Waals surface area contributed by atoms with Crippen molar-refractivity contribution in [2.24, 2.45) is 0 Å². The molecule has 104 valence electrons. The SMILES string of the molecule is CC(=O)c1ccc(N(C)c2ccc(C)cc2C)c(Cl)c1. The van der Waals surface area contributed by atoms with Crippen LogP contribution < -0.4 is 4.90 Å². The van der Waals surface area contributed by atoms with E-state index in [0.717, 1.165) is 11.4 Å². The van der Waals surface area contributed by atoms with E-state index in [0.29, 0.717) is 10.6 Å². The number of benzene rings is 2. The molecule has 0 aliphatic carbocycles. The predicted octanol–water partition coefficient (Wildman–Crippen LogP) is 4.93. The quantitative estimate of drug-likeness (QED) is 0.746. The Morgan fingerprint density at radius 1 is 1.05 bits per heavy atom. The minimum atomic E-state index is 0.0209. The maximum atomic E-state index is 11.4. The van der Waals surface area contributed by atoms with Gasteiger partial charge in [0.05, 0.1) is 10.7 Å². The first-order valence-electron chi connectivity index (χ1n) is 6.51. The number of carbonyl (C=O) groups is 1. The molecule has 0 heterocycles. The van der Waals surface area contributed by atoms with E-state index < -0.39 is 0 Å². The van der Waals surface area contributed by atoms with Crippen molar-refractivity contribution >= 4 is 28.8 Å². The Hall–Kier alpha value is -1.80. The Morgan fingerprint density at radius 2 is 1.70 bits per heavy atom. The molecule has 3 heteroatoms. The van der Waals surface area contributed by atoms with Crippen LogP contribution in [0.25, 0.3) is 0 Å². The van der Waals surface area contributed by atoms with Crippen LogP contribution in [-0.4, -0.2) is 12.8 Å². The molecule has 0 amide bonds. The summed E-state index contributed by atoms with van der Waals surface area (Å²) in [5.41, 5.74) is 5.06. The van der Waals surface area contributed by atoms with Crippen LogP contribution in [0.15, 0.2) is 36.4 Å². The fourth-order valence-electron chi connectivity index (χ4n) is 2.31. The van der Waals surface area contributed by atoms with Crippen molar-refractivity contribution in [1.82, 2.24) is 0 Å². The van der Waals surface area contributed by atoms with Gasteiger partial charge in [-0.25, -0.2) is 0 Å². The van der Waals surface area contributed by atoms with Gasteiger partial charge >= 0.3 is 0 Å². The molecule has 0 fully saturated rings. The summed E-state index contributed by atoms with van der Waals surface area (Å²) < 4.78 is 0. The first-order chi connectivity index (χ1) is 9.40. The summed E-state index contributed by atoms with van der Waals surface area (Å²) in [4.78, 5) is 13.4. The topological polar surface area (TPSA) is 20.3 Å². The van der Waals surface area contributed by atoms with Crippen LogP contribution in [0, 0.1) is 13.8 Å². The summed E-state index contributed by atoms with van der Waals surface area (Å²) in [7, 11) is 1.98. The van der Waals surface area contributed by atoms with Crippen molar-refractivity contribution in [3.8, 4) is 0 Å². The van der Waals surface area contributed by atoms with E-state index in [-0.39, 0.29) is 5.78 Å². The van der Waals surface area contributed by atoms with Gasteiger partial charge in [-0.3, -0.25) is 4.79 Å². The first kappa shape index (κ1) is 14.6. The van der Waals surface area contributed by atoms with Gasteiger partial charge in [-0.1, -0.05) is 29.3 Å². The Kier molecular flexibility index (Phi) is 4.15. The van der Waals surface area contributed by atoms with Crippen molar-refractivity contribution in [2.75, 3.05) is 11.9 Å². The highest BCUT2D eigenvalue weighted by atomic mass is 35.5. The average Bonchev–Trinajstić information content (AvgIpc) is 2.37. The van der Waals surface area contributed by atoms with Gasteiger partial charge in [-0.05, 0) is 50.6 Å². The molecule has 0 N–H and O–H groups in total. The third kappa shape index (κ3) is 2.86. The lowest BCUT2D eigenvalue weighted by atomic mass is 10.1. The molecule has 0 bridgehead atoms. The van der Waals surface area contributed by atoms with Crippen LogP contribution in [0.5, 0.6) is 0 Å². The molecule has 0 aliphatic heterocycles. The van der Waals surface area contributed by atoms with Crippen LogP contribution in [0.2, 0.25) is 5.02 Å². The Bertz CT molecular complexity index is 664. The lowest BCUT2D eigenvalue weighted by Crippen LogP contribution is -2.11. The van der Waals surface area contributed by atoms with E-state index in [9.17, 15) is 4.79 Å². The molecule has 2 nitrogen and oxygen atoms in total. The highest BCUT2D eigenvalue weighted by Crippen LogP contribution is 2.33. The molecule has 2 aromatic carbocycles. The predicted molar refractivity (Wildman–Crippen MR) is 85.4 cm³/mol. The molecule has 0 atom stereocenters. The Balaban J connectivity index is 2.43. The fraction of sp³-hybridized carbons (Fsp3) is 0.235. The molecule has 20 heavy (non-hydrogen) atoms. The van der Waals surface area contributed by atoms with Crippen molar-refractivity contribution in [3.05, 3.63) is 58.1 Å². The average molecular weight is 288 g/mol. The van der Waals surface area contributed by atoms with Crippen molar-refractivity contribution in [1.29, 1.82) is 0 Å². The molecule has 0 aliphatic rings. The number of halogens is 1. The van der Waals surface area contributed by atoms with Crippen LogP contribution in [0.1, 0.15) is 28.4 Å². The lowest BCUT2D eigenvalue weighted by Gasteiger charge is -2.23. The number of carbonyl (C=O) groups excluding carboxylic acids is 1. The zero-order valence-electron chi connectivity index (χ0n) is 12.2. The summed E-state index contributed by atoms with van der Waals surface area (Å²) in [6.07, 6.45) is 0. The smallest absolute Gasteiger partial charge is 0.159 e. The highest BCUT2D eigenvalue weighted by molar-refractivity contribution is 6.33. The number of aryl methyl sites for hydroxylation is 2. The second-order valence-corrected chi connectivity index (χ2v) is 5.48. The monoisotopic (exact) mass is 287 g/mol. The second kappa shape index (κ2) is 5.68.